The number of nitrogens with two attached hydrogens (primary N) is 1. The minimum absolute atomic E-state index is 0.237. The van der Waals surface area contributed by atoms with Crippen molar-refractivity contribution in [2.45, 2.75) is 19.4 Å². The fourth-order valence-electron chi connectivity index (χ4n) is 1.75. The molecule has 0 spiro atoms. The zero-order chi connectivity index (χ0) is 10.7. The highest BCUT2D eigenvalue weighted by molar-refractivity contribution is 5.48. The van der Waals surface area contributed by atoms with Crippen molar-refractivity contribution in [3.63, 3.8) is 0 Å². The number of rotatable bonds is 3. The van der Waals surface area contributed by atoms with Crippen molar-refractivity contribution in [1.82, 2.24) is 9.97 Å². The van der Waals surface area contributed by atoms with Crippen LogP contribution >= 0.6 is 0 Å². The first-order valence-corrected chi connectivity index (χ1v) is 5.25. The third-order valence-corrected chi connectivity index (χ3v) is 2.45. The topological polar surface area (TPSA) is 64.3 Å². The molecule has 1 aromatic heterocycles. The van der Waals surface area contributed by atoms with Crippen molar-refractivity contribution in [1.29, 1.82) is 0 Å². The Morgan fingerprint density at radius 3 is 3.00 bits per heavy atom. The van der Waals surface area contributed by atoms with Crippen LogP contribution in [0.4, 0.5) is 5.82 Å². The maximum absolute atomic E-state index is 5.86. The van der Waals surface area contributed by atoms with E-state index in [-0.39, 0.29) is 6.04 Å². The van der Waals surface area contributed by atoms with E-state index in [4.69, 9.17) is 10.5 Å². The molecule has 15 heavy (non-hydrogen) atoms. The lowest BCUT2D eigenvalue weighted by Gasteiger charge is -2.18. The van der Waals surface area contributed by atoms with Crippen molar-refractivity contribution in [3.8, 4) is 5.88 Å². The number of ether oxygens (including phenoxy) is 1. The second-order valence-corrected chi connectivity index (χ2v) is 3.61. The molecule has 0 amide bonds. The average Bonchev–Trinajstić information content (AvgIpc) is 2.66. The molecule has 2 heterocycles. The molecule has 5 nitrogen and oxygen atoms in total. The Balaban J connectivity index is 2.19. The zero-order valence-electron chi connectivity index (χ0n) is 8.89. The van der Waals surface area contributed by atoms with E-state index in [9.17, 15) is 0 Å². The van der Waals surface area contributed by atoms with Crippen LogP contribution in [-0.4, -0.2) is 35.7 Å². The van der Waals surface area contributed by atoms with Crippen LogP contribution in [0.2, 0.25) is 0 Å². The smallest absolute Gasteiger partial charge is 0.257 e. The lowest BCUT2D eigenvalue weighted by Crippen LogP contribution is -2.27. The van der Waals surface area contributed by atoms with E-state index in [1.54, 1.807) is 12.4 Å². The van der Waals surface area contributed by atoms with Gasteiger partial charge in [0.25, 0.3) is 5.88 Å². The summed E-state index contributed by atoms with van der Waals surface area (Å²) in [7, 11) is 0. The molecule has 0 radical (unpaired) electrons. The summed E-state index contributed by atoms with van der Waals surface area (Å²) in [6.07, 6.45) is 4.33. The van der Waals surface area contributed by atoms with Gasteiger partial charge in [-0.2, -0.15) is 0 Å². The molecule has 1 fully saturated rings. The fourth-order valence-corrected chi connectivity index (χ4v) is 1.75. The summed E-state index contributed by atoms with van der Waals surface area (Å²) < 4.78 is 5.43. The summed E-state index contributed by atoms with van der Waals surface area (Å²) in [6, 6.07) is 0.237. The Morgan fingerprint density at radius 2 is 2.33 bits per heavy atom. The molecule has 1 aliphatic rings. The van der Waals surface area contributed by atoms with Crippen molar-refractivity contribution < 1.29 is 4.74 Å². The number of hydrogen-bond acceptors (Lipinski definition) is 5. The van der Waals surface area contributed by atoms with E-state index < -0.39 is 0 Å². The van der Waals surface area contributed by atoms with E-state index in [1.165, 1.54) is 0 Å². The molecular formula is C10H16N4O. The molecule has 0 bridgehead atoms. The first-order chi connectivity index (χ1) is 7.31. The quantitative estimate of drug-likeness (QED) is 0.779. The number of nitrogens with zero attached hydrogens (tertiary/aromatic N) is 3. The Kier molecular flexibility index (Phi) is 3.01. The molecule has 1 saturated heterocycles. The van der Waals surface area contributed by atoms with E-state index in [0.29, 0.717) is 12.5 Å². The Hall–Kier alpha value is -1.36. The number of aromatic nitrogens is 2. The first kappa shape index (κ1) is 10.2. The molecule has 0 saturated carbocycles. The van der Waals surface area contributed by atoms with Gasteiger partial charge in [-0.15, -0.1) is 0 Å². The summed E-state index contributed by atoms with van der Waals surface area (Å²) in [6.45, 7) is 4.30. The largest absolute Gasteiger partial charge is 0.475 e. The van der Waals surface area contributed by atoms with Gasteiger partial charge in [0.15, 0.2) is 5.82 Å². The lowest BCUT2D eigenvalue weighted by molar-refractivity contribution is 0.326. The van der Waals surface area contributed by atoms with Gasteiger partial charge in [-0.1, -0.05) is 0 Å². The zero-order valence-corrected chi connectivity index (χ0v) is 8.89. The van der Waals surface area contributed by atoms with Gasteiger partial charge in [-0.25, -0.2) is 9.97 Å². The highest BCUT2D eigenvalue weighted by atomic mass is 16.5. The van der Waals surface area contributed by atoms with Gasteiger partial charge in [0.2, 0.25) is 0 Å². The van der Waals surface area contributed by atoms with Crippen molar-refractivity contribution in [2.75, 3.05) is 24.6 Å². The molecule has 0 aliphatic carbocycles. The number of hydrogen-bond donors (Lipinski definition) is 1. The van der Waals surface area contributed by atoms with Crippen LogP contribution in [-0.2, 0) is 0 Å². The normalized spacial score (nSPS) is 20.7. The fraction of sp³-hybridized carbons (Fsp3) is 0.600. The monoisotopic (exact) mass is 208 g/mol. The summed E-state index contributed by atoms with van der Waals surface area (Å²) in [5, 5.41) is 0. The second kappa shape index (κ2) is 4.44. The standard InChI is InChI=1S/C10H16N4O/c1-2-15-10-9(12-4-5-13-10)14-6-3-8(11)7-14/h4-5,8H,2-3,6-7,11H2,1H3. The molecule has 0 aromatic carbocycles. The highest BCUT2D eigenvalue weighted by Crippen LogP contribution is 2.25. The molecule has 1 aromatic rings. The third kappa shape index (κ3) is 2.18. The summed E-state index contributed by atoms with van der Waals surface area (Å²) in [5.41, 5.74) is 5.86. The van der Waals surface area contributed by atoms with E-state index in [0.717, 1.165) is 25.3 Å². The van der Waals surface area contributed by atoms with Crippen LogP contribution in [0.3, 0.4) is 0 Å². The maximum Gasteiger partial charge on any atom is 0.257 e. The van der Waals surface area contributed by atoms with Gasteiger partial charge in [0.1, 0.15) is 0 Å². The minimum Gasteiger partial charge on any atom is -0.475 e. The van der Waals surface area contributed by atoms with Crippen LogP contribution in [0.1, 0.15) is 13.3 Å². The Labute approximate surface area is 89.3 Å². The van der Waals surface area contributed by atoms with Gasteiger partial charge in [-0.3, -0.25) is 0 Å². The molecule has 5 heteroatoms. The molecule has 2 N–H and O–H groups in total. The summed E-state index contributed by atoms with van der Waals surface area (Å²) in [5.74, 6) is 1.42. The van der Waals surface area contributed by atoms with Crippen LogP contribution in [0.15, 0.2) is 12.4 Å². The molecule has 1 unspecified atom stereocenters. The van der Waals surface area contributed by atoms with E-state index in [1.807, 2.05) is 6.92 Å². The minimum atomic E-state index is 0.237. The van der Waals surface area contributed by atoms with E-state index in [2.05, 4.69) is 14.9 Å². The van der Waals surface area contributed by atoms with Crippen LogP contribution in [0, 0.1) is 0 Å². The van der Waals surface area contributed by atoms with Crippen LogP contribution in [0.25, 0.3) is 0 Å². The molecule has 2 rings (SSSR count). The Morgan fingerprint density at radius 1 is 1.53 bits per heavy atom. The van der Waals surface area contributed by atoms with Gasteiger partial charge >= 0.3 is 0 Å². The van der Waals surface area contributed by atoms with Crippen molar-refractivity contribution in [3.05, 3.63) is 12.4 Å². The predicted octanol–water partition coefficient (Wildman–Crippen LogP) is 0.413. The maximum atomic E-state index is 5.86. The van der Waals surface area contributed by atoms with Gasteiger partial charge in [-0.05, 0) is 13.3 Å². The molecule has 1 aliphatic heterocycles. The van der Waals surface area contributed by atoms with Gasteiger partial charge in [0.05, 0.1) is 6.61 Å². The van der Waals surface area contributed by atoms with Gasteiger partial charge in [0, 0.05) is 31.5 Å². The summed E-state index contributed by atoms with van der Waals surface area (Å²) in [4.78, 5) is 10.6. The molecule has 82 valence electrons. The van der Waals surface area contributed by atoms with Crippen LogP contribution in [0.5, 0.6) is 5.88 Å². The second-order valence-electron chi connectivity index (χ2n) is 3.61. The van der Waals surface area contributed by atoms with E-state index >= 15 is 0 Å². The van der Waals surface area contributed by atoms with Crippen molar-refractivity contribution in [2.24, 2.45) is 5.73 Å². The van der Waals surface area contributed by atoms with Gasteiger partial charge < -0.3 is 15.4 Å². The van der Waals surface area contributed by atoms with Crippen LogP contribution < -0.4 is 15.4 Å². The highest BCUT2D eigenvalue weighted by Gasteiger charge is 2.23. The first-order valence-electron chi connectivity index (χ1n) is 5.25. The SMILES string of the molecule is CCOc1nccnc1N1CCC(N)C1. The molecule has 1 atom stereocenters. The van der Waals surface area contributed by atoms with Crippen molar-refractivity contribution >= 4 is 5.82 Å². The average molecular weight is 208 g/mol. The predicted molar refractivity (Wildman–Crippen MR) is 58.0 cm³/mol. The molecular weight excluding hydrogens is 192 g/mol. The Bertz CT molecular complexity index is 331. The third-order valence-electron chi connectivity index (χ3n) is 2.45. The lowest BCUT2D eigenvalue weighted by atomic mass is 10.3. The number of anilines is 1. The summed E-state index contributed by atoms with van der Waals surface area (Å²) >= 11 is 0.